The maximum Gasteiger partial charge on any atom is 0.0842 e. The van der Waals surface area contributed by atoms with Crippen LogP contribution in [0.4, 0.5) is 0 Å². The Balaban J connectivity index is 1.82. The molecule has 1 heterocycles. The summed E-state index contributed by atoms with van der Waals surface area (Å²) in [6.45, 7) is 3.35. The third-order valence-electron chi connectivity index (χ3n) is 3.49. The highest BCUT2D eigenvalue weighted by molar-refractivity contribution is 5.13. The van der Waals surface area contributed by atoms with Crippen molar-refractivity contribution in [2.24, 2.45) is 0 Å². The van der Waals surface area contributed by atoms with Crippen LogP contribution in [-0.4, -0.2) is 23.8 Å². The van der Waals surface area contributed by atoms with Crippen LogP contribution >= 0.6 is 0 Å². The molecular formula is C9H15NO. The van der Waals surface area contributed by atoms with Crippen molar-refractivity contribution in [2.45, 2.75) is 49.9 Å². The van der Waals surface area contributed by atoms with Gasteiger partial charge in [-0.2, -0.15) is 0 Å². The number of rotatable bonds is 0. The highest BCUT2D eigenvalue weighted by Gasteiger charge is 2.60. The van der Waals surface area contributed by atoms with Crippen molar-refractivity contribution in [1.29, 1.82) is 0 Å². The Morgan fingerprint density at radius 3 is 2.55 bits per heavy atom. The van der Waals surface area contributed by atoms with E-state index in [0.717, 1.165) is 6.54 Å². The zero-order chi connectivity index (χ0) is 7.53. The minimum absolute atomic E-state index is 0.273. The lowest BCUT2D eigenvalue weighted by molar-refractivity contribution is -0.0932. The van der Waals surface area contributed by atoms with Gasteiger partial charge in [0.25, 0.3) is 0 Å². The van der Waals surface area contributed by atoms with Crippen LogP contribution in [0.15, 0.2) is 0 Å². The summed E-state index contributed by atoms with van der Waals surface area (Å²) in [6.07, 6.45) is 5.13. The Bertz CT molecular complexity index is 194. The van der Waals surface area contributed by atoms with E-state index in [4.69, 9.17) is 4.74 Å². The van der Waals surface area contributed by atoms with Crippen LogP contribution in [0, 0.1) is 0 Å². The number of ether oxygens (including phenoxy) is 1. The Morgan fingerprint density at radius 2 is 2.00 bits per heavy atom. The van der Waals surface area contributed by atoms with Gasteiger partial charge in [0.1, 0.15) is 0 Å². The predicted octanol–water partition coefficient (Wildman–Crippen LogP) is 1.06. The van der Waals surface area contributed by atoms with Gasteiger partial charge in [0.05, 0.1) is 11.2 Å². The SMILES string of the molecule is CC1NCC2(CC2)OC12CC2. The molecule has 1 saturated heterocycles. The summed E-state index contributed by atoms with van der Waals surface area (Å²) in [5.41, 5.74) is 0.567. The maximum atomic E-state index is 6.13. The predicted molar refractivity (Wildman–Crippen MR) is 42.5 cm³/mol. The van der Waals surface area contributed by atoms with Gasteiger partial charge in [-0.25, -0.2) is 0 Å². The molecule has 62 valence electrons. The topological polar surface area (TPSA) is 21.3 Å². The molecule has 0 bridgehead atoms. The molecule has 1 N–H and O–H groups in total. The summed E-state index contributed by atoms with van der Waals surface area (Å²) in [7, 11) is 0. The third kappa shape index (κ3) is 0.798. The minimum atomic E-state index is 0.273. The molecule has 2 aliphatic carbocycles. The van der Waals surface area contributed by atoms with E-state index in [1.165, 1.54) is 25.7 Å². The molecule has 1 atom stereocenters. The molecule has 2 nitrogen and oxygen atoms in total. The van der Waals surface area contributed by atoms with E-state index < -0.39 is 0 Å². The first kappa shape index (κ1) is 6.44. The van der Waals surface area contributed by atoms with Gasteiger partial charge in [-0.3, -0.25) is 0 Å². The highest BCUT2D eigenvalue weighted by Crippen LogP contribution is 2.54. The second kappa shape index (κ2) is 1.64. The first-order valence-corrected chi connectivity index (χ1v) is 4.68. The van der Waals surface area contributed by atoms with Crippen molar-refractivity contribution in [1.82, 2.24) is 5.32 Å². The minimum Gasteiger partial charge on any atom is -0.366 e. The van der Waals surface area contributed by atoms with E-state index in [2.05, 4.69) is 12.2 Å². The van der Waals surface area contributed by atoms with Gasteiger partial charge in [0, 0.05) is 12.6 Å². The summed E-state index contributed by atoms with van der Waals surface area (Å²) in [4.78, 5) is 0. The standard InChI is InChI=1S/C9H15NO/c1-7-9(4-5-9)11-8(2-3-8)6-10-7/h7,10H,2-6H2,1H3. The Labute approximate surface area is 67.3 Å². The monoisotopic (exact) mass is 153 g/mol. The lowest BCUT2D eigenvalue weighted by atomic mass is 10.1. The molecule has 0 aromatic rings. The van der Waals surface area contributed by atoms with Gasteiger partial charge in [-0.15, -0.1) is 0 Å². The number of nitrogens with one attached hydrogen (secondary N) is 1. The van der Waals surface area contributed by atoms with Gasteiger partial charge in [-0.1, -0.05) is 0 Å². The van der Waals surface area contributed by atoms with Crippen molar-refractivity contribution in [3.8, 4) is 0 Å². The van der Waals surface area contributed by atoms with Crippen LogP contribution in [0.5, 0.6) is 0 Å². The van der Waals surface area contributed by atoms with Crippen molar-refractivity contribution in [3.05, 3.63) is 0 Å². The van der Waals surface area contributed by atoms with Crippen molar-refractivity contribution in [2.75, 3.05) is 6.54 Å². The van der Waals surface area contributed by atoms with E-state index in [-0.39, 0.29) is 5.60 Å². The molecule has 2 spiro atoms. The fraction of sp³-hybridized carbons (Fsp3) is 1.00. The molecule has 1 unspecified atom stereocenters. The second-order valence-corrected chi connectivity index (χ2v) is 4.45. The van der Waals surface area contributed by atoms with Crippen molar-refractivity contribution >= 4 is 0 Å². The highest BCUT2D eigenvalue weighted by atomic mass is 16.5. The lowest BCUT2D eigenvalue weighted by Gasteiger charge is -2.36. The van der Waals surface area contributed by atoms with E-state index in [9.17, 15) is 0 Å². The second-order valence-electron chi connectivity index (χ2n) is 4.45. The van der Waals surface area contributed by atoms with Crippen LogP contribution in [0.1, 0.15) is 32.6 Å². The first-order valence-electron chi connectivity index (χ1n) is 4.68. The van der Waals surface area contributed by atoms with Crippen LogP contribution in [0.3, 0.4) is 0 Å². The molecule has 1 aliphatic heterocycles. The molecule has 2 saturated carbocycles. The summed E-state index contributed by atoms with van der Waals surface area (Å²) in [5, 5.41) is 3.56. The van der Waals surface area contributed by atoms with Crippen LogP contribution in [-0.2, 0) is 4.74 Å². The van der Waals surface area contributed by atoms with Gasteiger partial charge in [0.15, 0.2) is 0 Å². The van der Waals surface area contributed by atoms with Gasteiger partial charge in [-0.05, 0) is 32.6 Å². The molecule has 3 rings (SSSR count). The summed E-state index contributed by atoms with van der Waals surface area (Å²) >= 11 is 0. The Kier molecular flexibility index (Phi) is 0.961. The summed E-state index contributed by atoms with van der Waals surface area (Å²) in [5.74, 6) is 0. The maximum absolute atomic E-state index is 6.13. The van der Waals surface area contributed by atoms with E-state index in [0.29, 0.717) is 11.6 Å². The largest absolute Gasteiger partial charge is 0.366 e. The van der Waals surface area contributed by atoms with Crippen LogP contribution in [0.25, 0.3) is 0 Å². The number of hydrogen-bond acceptors (Lipinski definition) is 2. The number of hydrogen-bond donors (Lipinski definition) is 1. The molecule has 0 amide bonds. The lowest BCUT2D eigenvalue weighted by Crippen LogP contribution is -2.53. The summed E-state index contributed by atoms with van der Waals surface area (Å²) < 4.78 is 6.13. The van der Waals surface area contributed by atoms with E-state index >= 15 is 0 Å². The molecule has 2 heteroatoms. The number of morpholine rings is 1. The molecule has 3 aliphatic rings. The quantitative estimate of drug-likeness (QED) is 0.562. The van der Waals surface area contributed by atoms with Gasteiger partial charge >= 0.3 is 0 Å². The zero-order valence-corrected chi connectivity index (χ0v) is 7.02. The average molecular weight is 153 g/mol. The van der Waals surface area contributed by atoms with Gasteiger partial charge < -0.3 is 10.1 Å². The smallest absolute Gasteiger partial charge is 0.0842 e. The van der Waals surface area contributed by atoms with Gasteiger partial charge in [0.2, 0.25) is 0 Å². The third-order valence-corrected chi connectivity index (χ3v) is 3.49. The van der Waals surface area contributed by atoms with E-state index in [1.807, 2.05) is 0 Å². The fourth-order valence-corrected chi connectivity index (χ4v) is 2.16. The molecule has 3 fully saturated rings. The van der Waals surface area contributed by atoms with Crippen molar-refractivity contribution in [3.63, 3.8) is 0 Å². The van der Waals surface area contributed by atoms with Crippen LogP contribution < -0.4 is 5.32 Å². The first-order chi connectivity index (χ1) is 5.25. The van der Waals surface area contributed by atoms with E-state index in [1.54, 1.807) is 0 Å². The normalized spacial score (nSPS) is 42.8. The summed E-state index contributed by atoms with van der Waals surface area (Å²) in [6, 6.07) is 0.591. The Hall–Kier alpha value is -0.0800. The molecule has 11 heavy (non-hydrogen) atoms. The molecule has 0 radical (unpaired) electrons. The van der Waals surface area contributed by atoms with Crippen LogP contribution in [0.2, 0.25) is 0 Å². The fourth-order valence-electron chi connectivity index (χ4n) is 2.16. The molecule has 0 aromatic heterocycles. The Morgan fingerprint density at radius 1 is 1.27 bits per heavy atom. The van der Waals surface area contributed by atoms with Crippen molar-refractivity contribution < 1.29 is 4.74 Å². The molecular weight excluding hydrogens is 138 g/mol. The zero-order valence-electron chi connectivity index (χ0n) is 7.02. The average Bonchev–Trinajstić information content (AvgIpc) is 2.86. The molecule has 0 aromatic carbocycles.